The first-order chi connectivity index (χ1) is 7.83. The van der Waals surface area contributed by atoms with E-state index in [-0.39, 0.29) is 0 Å². The number of nitrogens with one attached hydrogen (secondary N) is 1. The highest BCUT2D eigenvalue weighted by Crippen LogP contribution is 2.26. The second-order valence-electron chi connectivity index (χ2n) is 5.33. The van der Waals surface area contributed by atoms with Crippen LogP contribution in [0.5, 0.6) is 0 Å². The minimum absolute atomic E-state index is 1.03. The molecule has 0 aromatic carbocycles. The molecule has 1 aliphatic carbocycles. The first-order valence-electron chi connectivity index (χ1n) is 7.22. The van der Waals surface area contributed by atoms with Gasteiger partial charge in [-0.1, -0.05) is 26.2 Å². The molecular formula is C14H30N2. The van der Waals surface area contributed by atoms with Gasteiger partial charge < -0.3 is 10.2 Å². The van der Waals surface area contributed by atoms with Crippen molar-refractivity contribution in [1.82, 2.24) is 10.2 Å². The SMILES string of the molecule is CCNCCCCCCN(C)CC1CCC1. The highest BCUT2D eigenvalue weighted by Gasteiger charge is 2.18. The van der Waals surface area contributed by atoms with Gasteiger partial charge in [-0.3, -0.25) is 0 Å². The molecule has 0 aromatic rings. The van der Waals surface area contributed by atoms with Gasteiger partial charge >= 0.3 is 0 Å². The summed E-state index contributed by atoms with van der Waals surface area (Å²) < 4.78 is 0. The second-order valence-corrected chi connectivity index (χ2v) is 5.33. The zero-order chi connectivity index (χ0) is 11.6. The van der Waals surface area contributed by atoms with Gasteiger partial charge in [-0.05, 0) is 58.3 Å². The summed E-state index contributed by atoms with van der Waals surface area (Å²) in [6.07, 6.45) is 9.96. The molecule has 1 rings (SSSR count). The Hall–Kier alpha value is -0.0800. The molecule has 0 bridgehead atoms. The molecule has 96 valence electrons. The van der Waals surface area contributed by atoms with Gasteiger partial charge in [0.15, 0.2) is 0 Å². The number of hydrogen-bond acceptors (Lipinski definition) is 2. The number of rotatable bonds is 10. The van der Waals surface area contributed by atoms with Crippen LogP contribution in [0.15, 0.2) is 0 Å². The fourth-order valence-electron chi connectivity index (χ4n) is 2.37. The van der Waals surface area contributed by atoms with Crippen LogP contribution in [0, 0.1) is 5.92 Å². The maximum atomic E-state index is 3.38. The predicted molar refractivity (Wildman–Crippen MR) is 71.8 cm³/mol. The van der Waals surface area contributed by atoms with Crippen LogP contribution in [0.25, 0.3) is 0 Å². The van der Waals surface area contributed by atoms with Gasteiger partial charge in [0.25, 0.3) is 0 Å². The first kappa shape index (κ1) is 14.0. The van der Waals surface area contributed by atoms with Gasteiger partial charge in [-0.15, -0.1) is 0 Å². The minimum Gasteiger partial charge on any atom is -0.317 e. The monoisotopic (exact) mass is 226 g/mol. The van der Waals surface area contributed by atoms with Crippen molar-refractivity contribution in [2.45, 2.75) is 51.9 Å². The summed E-state index contributed by atoms with van der Waals surface area (Å²) >= 11 is 0. The number of hydrogen-bond donors (Lipinski definition) is 1. The molecule has 0 heterocycles. The first-order valence-corrected chi connectivity index (χ1v) is 7.22. The third-order valence-corrected chi connectivity index (χ3v) is 3.69. The van der Waals surface area contributed by atoms with Crippen LogP contribution in [0.1, 0.15) is 51.9 Å². The Balaban J connectivity index is 1.78. The zero-order valence-corrected chi connectivity index (χ0v) is 11.3. The highest BCUT2D eigenvalue weighted by molar-refractivity contribution is 4.72. The van der Waals surface area contributed by atoms with Crippen molar-refractivity contribution in [1.29, 1.82) is 0 Å². The van der Waals surface area contributed by atoms with Crippen LogP contribution in [0.3, 0.4) is 0 Å². The highest BCUT2D eigenvalue weighted by atomic mass is 15.1. The van der Waals surface area contributed by atoms with Gasteiger partial charge in [-0.25, -0.2) is 0 Å². The summed E-state index contributed by atoms with van der Waals surface area (Å²) in [5.41, 5.74) is 0. The van der Waals surface area contributed by atoms with Gasteiger partial charge in [0.2, 0.25) is 0 Å². The Morgan fingerprint density at radius 2 is 1.88 bits per heavy atom. The van der Waals surface area contributed by atoms with E-state index in [1.807, 2.05) is 0 Å². The second kappa shape index (κ2) is 9.00. The van der Waals surface area contributed by atoms with Crippen LogP contribution < -0.4 is 5.32 Å². The van der Waals surface area contributed by atoms with E-state index in [4.69, 9.17) is 0 Å². The van der Waals surface area contributed by atoms with Crippen LogP contribution in [0.2, 0.25) is 0 Å². The smallest absolute Gasteiger partial charge is 0.000661 e. The predicted octanol–water partition coefficient (Wildman–Crippen LogP) is 2.89. The van der Waals surface area contributed by atoms with Gasteiger partial charge in [-0.2, -0.15) is 0 Å². The molecule has 2 heteroatoms. The lowest BCUT2D eigenvalue weighted by Crippen LogP contribution is -2.30. The Bertz CT molecular complexity index is 155. The molecular weight excluding hydrogens is 196 g/mol. The van der Waals surface area contributed by atoms with Crippen LogP contribution in [-0.4, -0.2) is 38.1 Å². The largest absolute Gasteiger partial charge is 0.317 e. The Kier molecular flexibility index (Phi) is 7.87. The topological polar surface area (TPSA) is 15.3 Å². The molecule has 16 heavy (non-hydrogen) atoms. The number of nitrogens with zero attached hydrogens (tertiary/aromatic N) is 1. The fraction of sp³-hybridized carbons (Fsp3) is 1.00. The zero-order valence-electron chi connectivity index (χ0n) is 11.3. The molecule has 0 amide bonds. The van der Waals surface area contributed by atoms with Crippen LogP contribution >= 0.6 is 0 Å². The summed E-state index contributed by atoms with van der Waals surface area (Å²) in [6, 6.07) is 0. The lowest BCUT2D eigenvalue weighted by atomic mass is 9.85. The summed E-state index contributed by atoms with van der Waals surface area (Å²) in [7, 11) is 2.29. The molecule has 0 saturated heterocycles. The molecule has 2 nitrogen and oxygen atoms in total. The van der Waals surface area contributed by atoms with E-state index in [0.717, 1.165) is 12.5 Å². The van der Waals surface area contributed by atoms with Crippen molar-refractivity contribution in [2.24, 2.45) is 5.92 Å². The standard InChI is InChI=1S/C14H30N2/c1-3-15-11-6-4-5-7-12-16(2)13-14-9-8-10-14/h14-15H,3-13H2,1-2H3. The van der Waals surface area contributed by atoms with Gasteiger partial charge in [0.1, 0.15) is 0 Å². The molecule has 0 radical (unpaired) electrons. The molecule has 0 atom stereocenters. The Labute approximate surface area is 102 Å². The summed E-state index contributed by atoms with van der Waals surface area (Å²) in [5.74, 6) is 1.03. The van der Waals surface area contributed by atoms with E-state index < -0.39 is 0 Å². The third kappa shape index (κ3) is 6.49. The summed E-state index contributed by atoms with van der Waals surface area (Å²) in [4.78, 5) is 2.54. The minimum atomic E-state index is 1.03. The van der Waals surface area contributed by atoms with Crippen molar-refractivity contribution in [3.63, 3.8) is 0 Å². The van der Waals surface area contributed by atoms with Gasteiger partial charge in [0.05, 0.1) is 0 Å². The molecule has 1 aliphatic rings. The summed E-state index contributed by atoms with van der Waals surface area (Å²) in [5, 5.41) is 3.38. The van der Waals surface area contributed by atoms with Gasteiger partial charge in [0, 0.05) is 6.54 Å². The number of unbranched alkanes of at least 4 members (excludes halogenated alkanes) is 3. The average Bonchev–Trinajstić information content (AvgIpc) is 2.22. The van der Waals surface area contributed by atoms with Crippen LogP contribution in [0.4, 0.5) is 0 Å². The third-order valence-electron chi connectivity index (χ3n) is 3.69. The Morgan fingerprint density at radius 3 is 2.50 bits per heavy atom. The Morgan fingerprint density at radius 1 is 1.12 bits per heavy atom. The molecule has 0 spiro atoms. The lowest BCUT2D eigenvalue weighted by Gasteiger charge is -2.30. The van der Waals surface area contributed by atoms with Crippen molar-refractivity contribution >= 4 is 0 Å². The molecule has 0 aromatic heterocycles. The molecule has 0 aliphatic heterocycles. The van der Waals surface area contributed by atoms with E-state index in [1.54, 1.807) is 0 Å². The van der Waals surface area contributed by atoms with E-state index in [0.29, 0.717) is 0 Å². The quantitative estimate of drug-likeness (QED) is 0.576. The van der Waals surface area contributed by atoms with Crippen molar-refractivity contribution in [3.8, 4) is 0 Å². The van der Waals surface area contributed by atoms with E-state index in [2.05, 4.69) is 24.2 Å². The lowest BCUT2D eigenvalue weighted by molar-refractivity contribution is 0.203. The van der Waals surface area contributed by atoms with Crippen LogP contribution in [-0.2, 0) is 0 Å². The van der Waals surface area contributed by atoms with Crippen molar-refractivity contribution in [2.75, 3.05) is 33.2 Å². The molecule has 1 fully saturated rings. The summed E-state index contributed by atoms with van der Waals surface area (Å²) in [6.45, 7) is 7.14. The van der Waals surface area contributed by atoms with E-state index >= 15 is 0 Å². The molecule has 1 N–H and O–H groups in total. The maximum Gasteiger partial charge on any atom is 0.000661 e. The molecule has 0 unspecified atom stereocenters. The normalized spacial score (nSPS) is 16.7. The van der Waals surface area contributed by atoms with E-state index in [1.165, 1.54) is 64.6 Å². The van der Waals surface area contributed by atoms with Crippen molar-refractivity contribution in [3.05, 3.63) is 0 Å². The molecule has 1 saturated carbocycles. The average molecular weight is 226 g/mol. The van der Waals surface area contributed by atoms with Crippen molar-refractivity contribution < 1.29 is 0 Å². The maximum absolute atomic E-state index is 3.38. The van der Waals surface area contributed by atoms with E-state index in [9.17, 15) is 0 Å². The fourth-order valence-corrected chi connectivity index (χ4v) is 2.37.